The van der Waals surface area contributed by atoms with Crippen LogP contribution >= 0.6 is 11.3 Å². The number of thiophene rings is 1. The Bertz CT molecular complexity index is 552. The third-order valence-corrected chi connectivity index (χ3v) is 4.20. The molecule has 0 spiro atoms. The first kappa shape index (κ1) is 11.7. The summed E-state index contributed by atoms with van der Waals surface area (Å²) >= 11 is 1.76. The maximum Gasteiger partial charge on any atom is 0.226 e. The fourth-order valence-corrected chi connectivity index (χ4v) is 3.32. The van der Waals surface area contributed by atoms with Crippen molar-refractivity contribution in [2.75, 3.05) is 6.61 Å². The Morgan fingerprint density at radius 3 is 3.00 bits per heavy atom. The molecule has 1 atom stereocenters. The molecule has 0 N–H and O–H groups in total. The molecular formula is C15H17NOS. The highest BCUT2D eigenvalue weighted by molar-refractivity contribution is 7.20. The zero-order valence-corrected chi connectivity index (χ0v) is 11.5. The fourth-order valence-electron chi connectivity index (χ4n) is 2.30. The summed E-state index contributed by atoms with van der Waals surface area (Å²) in [6.07, 6.45) is 1.11. The molecule has 1 aromatic heterocycles. The van der Waals surface area contributed by atoms with Crippen molar-refractivity contribution in [2.45, 2.75) is 26.3 Å². The van der Waals surface area contributed by atoms with Gasteiger partial charge in [-0.1, -0.05) is 32.0 Å². The van der Waals surface area contributed by atoms with Crippen LogP contribution in [0.3, 0.4) is 0 Å². The molecule has 2 aromatic rings. The molecule has 18 heavy (non-hydrogen) atoms. The van der Waals surface area contributed by atoms with Crippen molar-refractivity contribution in [3.63, 3.8) is 0 Å². The molecule has 0 amide bonds. The lowest BCUT2D eigenvalue weighted by molar-refractivity contribution is 0.302. The lowest BCUT2D eigenvalue weighted by Gasteiger charge is -2.06. The molecule has 0 unspecified atom stereocenters. The van der Waals surface area contributed by atoms with Crippen LogP contribution in [0.4, 0.5) is 0 Å². The molecule has 3 rings (SSSR count). The van der Waals surface area contributed by atoms with Crippen molar-refractivity contribution in [2.24, 2.45) is 10.9 Å². The van der Waals surface area contributed by atoms with E-state index >= 15 is 0 Å². The molecule has 1 aliphatic heterocycles. The Morgan fingerprint density at radius 2 is 2.22 bits per heavy atom. The van der Waals surface area contributed by atoms with Gasteiger partial charge in [0.15, 0.2) is 0 Å². The number of benzene rings is 1. The van der Waals surface area contributed by atoms with Crippen LogP contribution in [0.15, 0.2) is 35.3 Å². The molecule has 0 fully saturated rings. The normalized spacial score (nSPS) is 19.3. The van der Waals surface area contributed by atoms with E-state index in [0.717, 1.165) is 23.8 Å². The van der Waals surface area contributed by atoms with Gasteiger partial charge < -0.3 is 4.74 Å². The SMILES string of the molecule is CC(C)C[C@@H]1COC(c2cc3ccccc3s2)=N1. The predicted molar refractivity (Wildman–Crippen MR) is 77.6 cm³/mol. The van der Waals surface area contributed by atoms with Crippen molar-refractivity contribution >= 4 is 27.3 Å². The highest BCUT2D eigenvalue weighted by atomic mass is 32.1. The minimum absolute atomic E-state index is 0.338. The summed E-state index contributed by atoms with van der Waals surface area (Å²) in [5.74, 6) is 1.51. The molecular weight excluding hydrogens is 242 g/mol. The fraction of sp³-hybridized carbons (Fsp3) is 0.400. The van der Waals surface area contributed by atoms with Crippen molar-refractivity contribution < 1.29 is 4.74 Å². The lowest BCUT2D eigenvalue weighted by Crippen LogP contribution is -2.09. The van der Waals surface area contributed by atoms with Crippen molar-refractivity contribution in [3.05, 3.63) is 35.2 Å². The van der Waals surface area contributed by atoms with Gasteiger partial charge in [-0.2, -0.15) is 0 Å². The molecule has 0 saturated heterocycles. The number of rotatable bonds is 3. The van der Waals surface area contributed by atoms with Crippen LogP contribution in [0.25, 0.3) is 10.1 Å². The summed E-state index contributed by atoms with van der Waals surface area (Å²) in [6, 6.07) is 10.9. The summed E-state index contributed by atoms with van der Waals surface area (Å²) < 4.78 is 7.04. The number of fused-ring (bicyclic) bond motifs is 1. The monoisotopic (exact) mass is 259 g/mol. The third-order valence-electron chi connectivity index (χ3n) is 3.09. The molecule has 0 bridgehead atoms. The van der Waals surface area contributed by atoms with Crippen molar-refractivity contribution in [1.82, 2.24) is 0 Å². The molecule has 0 aliphatic carbocycles. The smallest absolute Gasteiger partial charge is 0.226 e. The summed E-state index contributed by atoms with van der Waals surface area (Å²) in [6.45, 7) is 5.20. The van der Waals surface area contributed by atoms with E-state index in [1.54, 1.807) is 11.3 Å². The second-order valence-electron chi connectivity index (χ2n) is 5.18. The average Bonchev–Trinajstić information content (AvgIpc) is 2.93. The van der Waals surface area contributed by atoms with Gasteiger partial charge in [0.2, 0.25) is 5.90 Å². The van der Waals surface area contributed by atoms with E-state index in [1.807, 2.05) is 0 Å². The van der Waals surface area contributed by atoms with E-state index in [9.17, 15) is 0 Å². The summed E-state index contributed by atoms with van der Waals surface area (Å²) in [4.78, 5) is 5.85. The summed E-state index contributed by atoms with van der Waals surface area (Å²) in [5, 5.41) is 1.27. The van der Waals surface area contributed by atoms with Crippen LogP contribution in [0.2, 0.25) is 0 Å². The Balaban J connectivity index is 1.86. The van der Waals surface area contributed by atoms with E-state index in [2.05, 4.69) is 44.2 Å². The number of aliphatic imine (C=N–C) groups is 1. The minimum atomic E-state index is 0.338. The van der Waals surface area contributed by atoms with Crippen LogP contribution in [0, 0.1) is 5.92 Å². The first-order valence-corrected chi connectivity index (χ1v) is 7.23. The largest absolute Gasteiger partial charge is 0.475 e. The number of ether oxygens (including phenoxy) is 1. The predicted octanol–water partition coefficient (Wildman–Crippen LogP) is 4.09. The van der Waals surface area contributed by atoms with Gasteiger partial charge in [-0.25, -0.2) is 4.99 Å². The quantitative estimate of drug-likeness (QED) is 0.813. The van der Waals surface area contributed by atoms with E-state index < -0.39 is 0 Å². The second-order valence-corrected chi connectivity index (χ2v) is 6.26. The Hall–Kier alpha value is -1.35. The minimum Gasteiger partial charge on any atom is -0.475 e. The van der Waals surface area contributed by atoms with Gasteiger partial charge in [-0.15, -0.1) is 11.3 Å². The first-order valence-electron chi connectivity index (χ1n) is 6.42. The maximum atomic E-state index is 5.74. The zero-order valence-electron chi connectivity index (χ0n) is 10.7. The van der Waals surface area contributed by atoms with E-state index in [4.69, 9.17) is 9.73 Å². The first-order chi connectivity index (χ1) is 8.72. The summed E-state index contributed by atoms with van der Waals surface area (Å²) in [5.41, 5.74) is 0. The van der Waals surface area contributed by atoms with Crippen LogP contribution < -0.4 is 0 Å². The molecule has 1 aliphatic rings. The standard InChI is InChI=1S/C15H17NOS/c1-10(2)7-12-9-17-15(16-12)14-8-11-5-3-4-6-13(11)18-14/h3-6,8,10,12H,7,9H2,1-2H3/t12-/m1/s1. The zero-order chi connectivity index (χ0) is 12.5. The molecule has 0 radical (unpaired) electrons. The van der Waals surface area contributed by atoms with Gasteiger partial charge in [-0.05, 0) is 29.9 Å². The molecule has 2 nitrogen and oxygen atoms in total. The van der Waals surface area contributed by atoms with Crippen molar-refractivity contribution in [1.29, 1.82) is 0 Å². The highest BCUT2D eigenvalue weighted by Gasteiger charge is 2.22. The van der Waals surface area contributed by atoms with E-state index in [-0.39, 0.29) is 0 Å². The Morgan fingerprint density at radius 1 is 1.39 bits per heavy atom. The van der Waals surface area contributed by atoms with Crippen LogP contribution in [0.1, 0.15) is 25.1 Å². The van der Waals surface area contributed by atoms with Crippen LogP contribution in [0.5, 0.6) is 0 Å². The molecule has 1 aromatic carbocycles. The van der Waals surface area contributed by atoms with Crippen molar-refractivity contribution in [3.8, 4) is 0 Å². The summed E-state index contributed by atoms with van der Waals surface area (Å²) in [7, 11) is 0. The number of hydrogen-bond donors (Lipinski definition) is 0. The Labute approximate surface area is 111 Å². The van der Waals surface area contributed by atoms with Gasteiger partial charge >= 0.3 is 0 Å². The molecule has 0 saturated carbocycles. The van der Waals surface area contributed by atoms with Gasteiger partial charge in [0.05, 0.1) is 10.9 Å². The van der Waals surface area contributed by atoms with E-state index in [0.29, 0.717) is 12.0 Å². The number of nitrogens with zero attached hydrogens (tertiary/aromatic N) is 1. The third kappa shape index (κ3) is 2.27. The average molecular weight is 259 g/mol. The topological polar surface area (TPSA) is 21.6 Å². The molecule has 3 heteroatoms. The van der Waals surface area contributed by atoms with Crippen LogP contribution in [-0.2, 0) is 4.74 Å². The van der Waals surface area contributed by atoms with Gasteiger partial charge in [0, 0.05) is 4.70 Å². The Kier molecular flexibility index (Phi) is 3.08. The number of hydrogen-bond acceptors (Lipinski definition) is 3. The second kappa shape index (κ2) is 4.73. The molecule has 94 valence electrons. The van der Waals surface area contributed by atoms with Gasteiger partial charge in [0.25, 0.3) is 0 Å². The van der Waals surface area contributed by atoms with Gasteiger partial charge in [0.1, 0.15) is 6.61 Å². The maximum absolute atomic E-state index is 5.74. The van der Waals surface area contributed by atoms with Gasteiger partial charge in [-0.3, -0.25) is 0 Å². The van der Waals surface area contributed by atoms with E-state index in [1.165, 1.54) is 10.1 Å². The molecule has 2 heterocycles. The lowest BCUT2D eigenvalue weighted by atomic mass is 10.1. The van der Waals surface area contributed by atoms with Crippen LogP contribution in [-0.4, -0.2) is 18.5 Å². The highest BCUT2D eigenvalue weighted by Crippen LogP contribution is 2.28.